The molecule has 1 aromatic rings. The van der Waals surface area contributed by atoms with Crippen LogP contribution < -0.4 is 0 Å². The van der Waals surface area contributed by atoms with Crippen molar-refractivity contribution in [3.8, 4) is 0 Å². The summed E-state index contributed by atoms with van der Waals surface area (Å²) < 4.78 is 26.9. The van der Waals surface area contributed by atoms with Gasteiger partial charge in [0.1, 0.15) is 4.21 Å². The highest BCUT2D eigenvalue weighted by atomic mass is 79.9. The number of hydrogen-bond donors (Lipinski definition) is 0. The van der Waals surface area contributed by atoms with Crippen molar-refractivity contribution in [1.82, 2.24) is 4.31 Å². The van der Waals surface area contributed by atoms with Gasteiger partial charge >= 0.3 is 0 Å². The van der Waals surface area contributed by atoms with Crippen LogP contribution in [0.4, 0.5) is 0 Å². The van der Waals surface area contributed by atoms with Gasteiger partial charge in [-0.3, -0.25) is 0 Å². The molecule has 0 atom stereocenters. The molecule has 17 heavy (non-hydrogen) atoms. The van der Waals surface area contributed by atoms with Crippen molar-refractivity contribution in [3.05, 3.63) is 14.9 Å². The van der Waals surface area contributed by atoms with E-state index in [0.717, 1.165) is 11.3 Å². The molecule has 1 fully saturated rings. The maximum absolute atomic E-state index is 12.3. The Morgan fingerprint density at radius 3 is 2.47 bits per heavy atom. The fourth-order valence-corrected chi connectivity index (χ4v) is 5.86. The van der Waals surface area contributed by atoms with Gasteiger partial charge in [-0.2, -0.15) is 4.31 Å². The zero-order valence-corrected chi connectivity index (χ0v) is 13.4. The molecule has 0 N–H and O–H groups in total. The van der Waals surface area contributed by atoms with Crippen LogP contribution in [0.25, 0.3) is 0 Å². The molecule has 2 heterocycles. The molecule has 1 aliphatic heterocycles. The van der Waals surface area contributed by atoms with E-state index >= 15 is 0 Å². The quantitative estimate of drug-likeness (QED) is 0.738. The van der Waals surface area contributed by atoms with Gasteiger partial charge < -0.3 is 0 Å². The maximum Gasteiger partial charge on any atom is 0.252 e. The predicted octanol–water partition coefficient (Wildman–Crippen LogP) is 3.56. The lowest BCUT2D eigenvalue weighted by atomic mass is 10.2. The predicted molar refractivity (Wildman–Crippen MR) is 74.7 cm³/mol. The lowest BCUT2D eigenvalue weighted by Crippen LogP contribution is -2.38. The van der Waals surface area contributed by atoms with Crippen molar-refractivity contribution in [2.45, 2.75) is 22.4 Å². The van der Waals surface area contributed by atoms with E-state index in [1.165, 1.54) is 10.4 Å². The summed E-state index contributed by atoms with van der Waals surface area (Å²) in [6.45, 7) is 0.952. The highest BCUT2D eigenvalue weighted by Crippen LogP contribution is 2.36. The zero-order chi connectivity index (χ0) is 12.6. The van der Waals surface area contributed by atoms with E-state index in [1.807, 2.05) is 0 Å². The Hall–Kier alpha value is 0.670. The molecular formula is C9H10BrCl2NO2S2. The molecule has 0 radical (unpaired) electrons. The first kappa shape index (κ1) is 14.1. The molecule has 1 aromatic heterocycles. The van der Waals surface area contributed by atoms with E-state index in [2.05, 4.69) is 15.9 Å². The molecule has 0 aromatic carbocycles. The van der Waals surface area contributed by atoms with Gasteiger partial charge in [0.25, 0.3) is 10.0 Å². The van der Waals surface area contributed by atoms with E-state index in [-0.39, 0.29) is 9.59 Å². The Morgan fingerprint density at radius 2 is 2.00 bits per heavy atom. The van der Waals surface area contributed by atoms with Gasteiger partial charge in [0.05, 0.1) is 8.81 Å². The molecule has 0 bridgehead atoms. The molecule has 1 aliphatic rings. The summed E-state index contributed by atoms with van der Waals surface area (Å²) in [5, 5.41) is 0.515. The minimum Gasteiger partial charge on any atom is -0.206 e. The van der Waals surface area contributed by atoms with Crippen molar-refractivity contribution >= 4 is 60.5 Å². The number of thiophene rings is 1. The van der Waals surface area contributed by atoms with E-state index in [9.17, 15) is 8.42 Å². The van der Waals surface area contributed by atoms with Crippen LogP contribution in [-0.4, -0.2) is 31.2 Å². The topological polar surface area (TPSA) is 37.4 Å². The standard InChI is InChI=1S/C9H10BrCl2NO2S2/c10-9-7(12)5-8(16-9)17(14,15)13-3-1-6(11)2-4-13/h5-6H,1-4H2. The minimum absolute atomic E-state index is 0.0834. The third-order valence-corrected chi connectivity index (χ3v) is 7.86. The lowest BCUT2D eigenvalue weighted by Gasteiger charge is -2.27. The van der Waals surface area contributed by atoms with Gasteiger partial charge in [-0.25, -0.2) is 8.42 Å². The molecule has 0 aliphatic carbocycles. The summed E-state index contributed by atoms with van der Waals surface area (Å²) in [6.07, 6.45) is 1.39. The molecular weight excluding hydrogens is 369 g/mol. The molecule has 8 heteroatoms. The largest absolute Gasteiger partial charge is 0.252 e. The molecule has 3 nitrogen and oxygen atoms in total. The number of nitrogens with zero attached hydrogens (tertiary/aromatic N) is 1. The summed E-state index contributed by atoms with van der Waals surface area (Å²) in [7, 11) is -3.41. The highest BCUT2D eigenvalue weighted by Gasteiger charge is 2.30. The van der Waals surface area contributed by atoms with Crippen LogP contribution in [0, 0.1) is 0 Å². The Bertz CT molecular complexity index is 490. The normalized spacial score (nSPS) is 19.7. The average molecular weight is 379 g/mol. The molecule has 0 saturated carbocycles. The van der Waals surface area contributed by atoms with Crippen LogP contribution in [-0.2, 0) is 10.0 Å². The molecule has 1 saturated heterocycles. The van der Waals surface area contributed by atoms with Crippen molar-refractivity contribution in [3.63, 3.8) is 0 Å². The van der Waals surface area contributed by atoms with Crippen molar-refractivity contribution in [2.75, 3.05) is 13.1 Å². The number of rotatable bonds is 2. The summed E-state index contributed by atoms with van der Waals surface area (Å²) in [5.74, 6) is 0. The molecule has 0 amide bonds. The Morgan fingerprint density at radius 1 is 1.41 bits per heavy atom. The fourth-order valence-electron chi connectivity index (χ4n) is 1.65. The third kappa shape index (κ3) is 2.98. The van der Waals surface area contributed by atoms with Crippen molar-refractivity contribution < 1.29 is 8.42 Å². The van der Waals surface area contributed by atoms with Crippen LogP contribution in [0.2, 0.25) is 5.02 Å². The summed E-state index contributed by atoms with van der Waals surface area (Å²) >= 11 is 16.2. The van der Waals surface area contributed by atoms with Crippen LogP contribution in [0.1, 0.15) is 12.8 Å². The number of alkyl halides is 1. The van der Waals surface area contributed by atoms with Gasteiger partial charge in [-0.15, -0.1) is 22.9 Å². The Balaban J connectivity index is 2.24. The van der Waals surface area contributed by atoms with Gasteiger partial charge in [0, 0.05) is 18.5 Å². The smallest absolute Gasteiger partial charge is 0.206 e. The van der Waals surface area contributed by atoms with Crippen LogP contribution in [0.3, 0.4) is 0 Å². The highest BCUT2D eigenvalue weighted by molar-refractivity contribution is 9.11. The second kappa shape index (κ2) is 5.35. The number of sulfonamides is 1. The summed E-state index contributed by atoms with van der Waals surface area (Å²) in [5.41, 5.74) is 0. The summed E-state index contributed by atoms with van der Waals surface area (Å²) in [4.78, 5) is 0. The van der Waals surface area contributed by atoms with Gasteiger partial charge in [0.2, 0.25) is 0 Å². The van der Waals surface area contributed by atoms with Crippen LogP contribution in [0.15, 0.2) is 14.1 Å². The first-order chi connectivity index (χ1) is 7.91. The van der Waals surface area contributed by atoms with Gasteiger partial charge in [-0.05, 0) is 34.8 Å². The number of piperidine rings is 1. The molecule has 96 valence electrons. The fraction of sp³-hybridized carbons (Fsp3) is 0.556. The maximum atomic E-state index is 12.3. The first-order valence-electron chi connectivity index (χ1n) is 5.00. The van der Waals surface area contributed by atoms with E-state index in [1.54, 1.807) is 0 Å². The zero-order valence-electron chi connectivity index (χ0n) is 8.70. The molecule has 2 rings (SSSR count). The number of hydrogen-bond acceptors (Lipinski definition) is 3. The van der Waals surface area contributed by atoms with E-state index in [0.29, 0.717) is 34.7 Å². The second-order valence-electron chi connectivity index (χ2n) is 3.77. The number of halogens is 3. The van der Waals surface area contributed by atoms with E-state index in [4.69, 9.17) is 23.2 Å². The molecule has 0 unspecified atom stereocenters. The van der Waals surface area contributed by atoms with Crippen molar-refractivity contribution in [1.29, 1.82) is 0 Å². The minimum atomic E-state index is -3.41. The Labute approximate surface area is 123 Å². The van der Waals surface area contributed by atoms with Gasteiger partial charge in [-0.1, -0.05) is 11.6 Å². The average Bonchev–Trinajstić information content (AvgIpc) is 2.60. The van der Waals surface area contributed by atoms with Gasteiger partial charge in [0.15, 0.2) is 0 Å². The SMILES string of the molecule is O=S(=O)(c1cc(Cl)c(Br)s1)N1CCC(Cl)CC1. The lowest BCUT2D eigenvalue weighted by molar-refractivity contribution is 0.351. The van der Waals surface area contributed by atoms with Crippen LogP contribution >= 0.6 is 50.5 Å². The molecule has 0 spiro atoms. The Kier molecular flexibility index (Phi) is 4.43. The van der Waals surface area contributed by atoms with Crippen LogP contribution in [0.5, 0.6) is 0 Å². The third-order valence-electron chi connectivity index (χ3n) is 2.60. The first-order valence-corrected chi connectivity index (χ1v) is 8.86. The second-order valence-corrected chi connectivity index (χ2v) is 9.33. The summed E-state index contributed by atoms with van der Waals surface area (Å²) in [6, 6.07) is 1.48. The van der Waals surface area contributed by atoms with E-state index < -0.39 is 10.0 Å². The van der Waals surface area contributed by atoms with Crippen molar-refractivity contribution in [2.24, 2.45) is 0 Å². The monoisotopic (exact) mass is 377 g/mol.